The van der Waals surface area contributed by atoms with E-state index in [-0.39, 0.29) is 41.9 Å². The van der Waals surface area contributed by atoms with Crippen LogP contribution in [0.4, 0.5) is 18.9 Å². The number of nitrogens with two attached hydrogens (primary N) is 1. The summed E-state index contributed by atoms with van der Waals surface area (Å²) in [6, 6.07) is 1.92. The molecule has 2 aliphatic rings. The maximum Gasteiger partial charge on any atom is 0.416 e. The Morgan fingerprint density at radius 1 is 1.22 bits per heavy atom. The standard InChI is InChI=1S/C17H20F3N3O3.ClH/c18-17(19,20)11-4-5-13(14(8-11)23(25)26)16(24)22-15-9-2-1-3-10(15)7-12(21)6-9;/h4-5,8-10,12,15H,1-3,6-7,21H2,(H,22,24);1H. The lowest BCUT2D eigenvalue weighted by atomic mass is 9.67. The zero-order valence-corrected chi connectivity index (χ0v) is 15.2. The van der Waals surface area contributed by atoms with Crippen molar-refractivity contribution >= 4 is 24.0 Å². The monoisotopic (exact) mass is 407 g/mol. The molecule has 0 aromatic heterocycles. The van der Waals surface area contributed by atoms with E-state index in [1.54, 1.807) is 0 Å². The molecule has 6 nitrogen and oxygen atoms in total. The minimum Gasteiger partial charge on any atom is -0.349 e. The number of nitrogens with one attached hydrogen (secondary N) is 1. The summed E-state index contributed by atoms with van der Waals surface area (Å²) in [5.74, 6) is -0.298. The van der Waals surface area contributed by atoms with E-state index in [1.807, 2.05) is 0 Å². The molecule has 1 amide bonds. The number of hydrogen-bond donors (Lipinski definition) is 2. The summed E-state index contributed by atoms with van der Waals surface area (Å²) >= 11 is 0. The minimum atomic E-state index is -4.71. The van der Waals surface area contributed by atoms with Gasteiger partial charge in [-0.05, 0) is 49.7 Å². The van der Waals surface area contributed by atoms with Gasteiger partial charge >= 0.3 is 6.18 Å². The van der Waals surface area contributed by atoms with Gasteiger partial charge in [-0.2, -0.15) is 13.2 Å². The Bertz CT molecular complexity index is 715. The molecular formula is C17H21ClF3N3O3. The molecule has 2 bridgehead atoms. The van der Waals surface area contributed by atoms with Gasteiger partial charge < -0.3 is 11.1 Å². The first-order valence-corrected chi connectivity index (χ1v) is 8.59. The summed E-state index contributed by atoms with van der Waals surface area (Å²) in [4.78, 5) is 22.8. The fourth-order valence-electron chi connectivity index (χ4n) is 4.30. The molecule has 2 saturated carbocycles. The van der Waals surface area contributed by atoms with Gasteiger partial charge in [0, 0.05) is 18.2 Å². The van der Waals surface area contributed by atoms with Crippen LogP contribution in [0.2, 0.25) is 0 Å². The van der Waals surface area contributed by atoms with E-state index >= 15 is 0 Å². The van der Waals surface area contributed by atoms with E-state index in [9.17, 15) is 28.1 Å². The van der Waals surface area contributed by atoms with Gasteiger partial charge in [0.05, 0.1) is 10.5 Å². The molecule has 1 aromatic rings. The molecule has 150 valence electrons. The number of carbonyl (C=O) groups is 1. The number of rotatable bonds is 3. The SMILES string of the molecule is Cl.NC1CC2CCCC(C1)C2NC(=O)c1ccc(C(F)(F)F)cc1[N+](=O)[O-]. The molecule has 2 atom stereocenters. The molecule has 0 spiro atoms. The molecule has 1 aromatic carbocycles. The number of nitro benzene ring substituents is 1. The molecule has 0 heterocycles. The number of nitrogens with zero attached hydrogens (tertiary/aromatic N) is 1. The zero-order chi connectivity index (χ0) is 19.1. The van der Waals surface area contributed by atoms with Crippen LogP contribution < -0.4 is 11.1 Å². The zero-order valence-electron chi connectivity index (χ0n) is 14.4. The van der Waals surface area contributed by atoms with Crippen LogP contribution in [0.25, 0.3) is 0 Å². The number of halogens is 4. The molecule has 2 aliphatic carbocycles. The Morgan fingerprint density at radius 2 is 1.81 bits per heavy atom. The summed E-state index contributed by atoms with van der Waals surface area (Å²) in [5, 5.41) is 14.0. The lowest BCUT2D eigenvalue weighted by Crippen LogP contribution is -2.53. The molecule has 2 unspecified atom stereocenters. The van der Waals surface area contributed by atoms with E-state index < -0.39 is 28.3 Å². The third-order valence-corrected chi connectivity index (χ3v) is 5.44. The highest BCUT2D eigenvalue weighted by Crippen LogP contribution is 2.40. The first kappa shape index (κ1) is 21.4. The molecular weight excluding hydrogens is 387 g/mol. The van der Waals surface area contributed by atoms with Crippen molar-refractivity contribution in [2.24, 2.45) is 17.6 Å². The molecule has 0 aliphatic heterocycles. The topological polar surface area (TPSA) is 98.3 Å². The van der Waals surface area contributed by atoms with Crippen LogP contribution >= 0.6 is 12.4 Å². The van der Waals surface area contributed by atoms with Gasteiger partial charge in [-0.25, -0.2) is 0 Å². The van der Waals surface area contributed by atoms with Crippen LogP contribution in [0.3, 0.4) is 0 Å². The number of fused-ring (bicyclic) bond motifs is 2. The predicted molar refractivity (Wildman–Crippen MR) is 94.6 cm³/mol. The minimum absolute atomic E-state index is 0. The van der Waals surface area contributed by atoms with Crippen molar-refractivity contribution in [1.82, 2.24) is 5.32 Å². The van der Waals surface area contributed by atoms with Gasteiger partial charge in [-0.1, -0.05) is 6.42 Å². The van der Waals surface area contributed by atoms with E-state index in [0.29, 0.717) is 12.1 Å². The van der Waals surface area contributed by atoms with Crippen molar-refractivity contribution in [3.63, 3.8) is 0 Å². The Morgan fingerprint density at radius 3 is 2.33 bits per heavy atom. The van der Waals surface area contributed by atoms with Crippen LogP contribution in [0.5, 0.6) is 0 Å². The van der Waals surface area contributed by atoms with E-state index in [1.165, 1.54) is 0 Å². The summed E-state index contributed by atoms with van der Waals surface area (Å²) < 4.78 is 38.4. The van der Waals surface area contributed by atoms with Crippen molar-refractivity contribution < 1.29 is 22.9 Å². The smallest absolute Gasteiger partial charge is 0.349 e. The third kappa shape index (κ3) is 4.52. The fourth-order valence-corrected chi connectivity index (χ4v) is 4.30. The average molecular weight is 408 g/mol. The molecule has 2 fully saturated rings. The summed E-state index contributed by atoms with van der Waals surface area (Å²) in [5.41, 5.74) is 3.70. The van der Waals surface area contributed by atoms with E-state index in [0.717, 1.165) is 38.2 Å². The van der Waals surface area contributed by atoms with E-state index in [2.05, 4.69) is 5.32 Å². The van der Waals surface area contributed by atoms with Gasteiger partial charge in [0.25, 0.3) is 11.6 Å². The predicted octanol–water partition coefficient (Wildman–Crippen LogP) is 3.67. The normalized spacial score (nSPS) is 27.4. The van der Waals surface area contributed by atoms with Crippen LogP contribution in [0.15, 0.2) is 18.2 Å². The summed E-state index contributed by atoms with van der Waals surface area (Å²) in [6.07, 6.45) is -0.271. The second-order valence-electron chi connectivity index (χ2n) is 7.17. The van der Waals surface area contributed by atoms with Crippen LogP contribution in [0, 0.1) is 22.0 Å². The van der Waals surface area contributed by atoms with E-state index in [4.69, 9.17) is 5.73 Å². The van der Waals surface area contributed by atoms with Crippen molar-refractivity contribution in [2.75, 3.05) is 0 Å². The maximum atomic E-state index is 12.8. The lowest BCUT2D eigenvalue weighted by Gasteiger charge is -2.45. The summed E-state index contributed by atoms with van der Waals surface area (Å²) in [7, 11) is 0. The average Bonchev–Trinajstić information content (AvgIpc) is 2.54. The Labute approximate surface area is 160 Å². The highest BCUT2D eigenvalue weighted by Gasteiger charge is 2.41. The van der Waals surface area contributed by atoms with Gasteiger partial charge in [-0.3, -0.25) is 14.9 Å². The molecule has 3 rings (SSSR count). The molecule has 27 heavy (non-hydrogen) atoms. The Kier molecular flexibility index (Phi) is 6.36. The van der Waals surface area contributed by atoms with Crippen molar-refractivity contribution in [1.29, 1.82) is 0 Å². The highest BCUT2D eigenvalue weighted by molar-refractivity contribution is 5.98. The first-order valence-electron chi connectivity index (χ1n) is 8.59. The Hall–Kier alpha value is -1.87. The van der Waals surface area contributed by atoms with Crippen molar-refractivity contribution in [3.8, 4) is 0 Å². The molecule has 0 radical (unpaired) electrons. The number of benzene rings is 1. The van der Waals surface area contributed by atoms with Gasteiger partial charge in [0.15, 0.2) is 0 Å². The fraction of sp³-hybridized carbons (Fsp3) is 0.588. The number of alkyl halides is 3. The van der Waals surface area contributed by atoms with Crippen LogP contribution in [-0.4, -0.2) is 22.9 Å². The molecule has 3 N–H and O–H groups in total. The Balaban J connectivity index is 0.00000261. The second kappa shape index (κ2) is 8.02. The third-order valence-electron chi connectivity index (χ3n) is 5.44. The van der Waals surface area contributed by atoms with Crippen molar-refractivity contribution in [2.45, 2.75) is 50.4 Å². The quantitative estimate of drug-likeness (QED) is 0.590. The van der Waals surface area contributed by atoms with Gasteiger partial charge in [0.2, 0.25) is 0 Å². The first-order chi connectivity index (χ1) is 12.2. The highest BCUT2D eigenvalue weighted by atomic mass is 35.5. The van der Waals surface area contributed by atoms with Gasteiger partial charge in [-0.15, -0.1) is 12.4 Å². The number of carbonyl (C=O) groups excluding carboxylic acids is 1. The van der Waals surface area contributed by atoms with Crippen LogP contribution in [0.1, 0.15) is 48.0 Å². The van der Waals surface area contributed by atoms with Gasteiger partial charge in [0.1, 0.15) is 5.56 Å². The number of amides is 1. The maximum absolute atomic E-state index is 12.8. The summed E-state index contributed by atoms with van der Waals surface area (Å²) in [6.45, 7) is 0. The lowest BCUT2D eigenvalue weighted by molar-refractivity contribution is -0.385. The second-order valence-corrected chi connectivity index (χ2v) is 7.17. The molecule has 0 saturated heterocycles. The van der Waals surface area contributed by atoms with Crippen molar-refractivity contribution in [3.05, 3.63) is 39.4 Å². The largest absolute Gasteiger partial charge is 0.416 e. The molecule has 10 heteroatoms. The number of nitro groups is 1. The number of hydrogen-bond acceptors (Lipinski definition) is 4. The van der Waals surface area contributed by atoms with Crippen LogP contribution in [-0.2, 0) is 6.18 Å².